The van der Waals surface area contributed by atoms with Crippen molar-refractivity contribution in [3.63, 3.8) is 0 Å². The SMILES string of the molecule is Cc1cccc(N2CCN(C(=O)CN3C(=O)/C(=C\c4ccccc4F)Oc4ccccc43)C[C@@H]2C)c1. The number of carbonyl (C=O) groups is 2. The van der Waals surface area contributed by atoms with E-state index in [1.54, 1.807) is 42.5 Å². The fourth-order valence-electron chi connectivity index (χ4n) is 4.76. The van der Waals surface area contributed by atoms with Gasteiger partial charge in [0.25, 0.3) is 5.91 Å². The topological polar surface area (TPSA) is 53.1 Å². The minimum Gasteiger partial charge on any atom is -0.449 e. The Morgan fingerprint density at radius 3 is 2.61 bits per heavy atom. The van der Waals surface area contributed by atoms with Crippen LogP contribution in [0.3, 0.4) is 0 Å². The zero-order chi connectivity index (χ0) is 25.2. The molecule has 0 aromatic heterocycles. The second-order valence-corrected chi connectivity index (χ2v) is 9.21. The van der Waals surface area contributed by atoms with Gasteiger partial charge < -0.3 is 14.5 Å². The molecule has 184 valence electrons. The van der Waals surface area contributed by atoms with Crippen molar-refractivity contribution < 1.29 is 18.7 Å². The van der Waals surface area contributed by atoms with Crippen LogP contribution < -0.4 is 14.5 Å². The number of amides is 2. The van der Waals surface area contributed by atoms with E-state index in [1.165, 1.54) is 22.6 Å². The Bertz CT molecular complexity index is 1340. The molecule has 6 nitrogen and oxygen atoms in total. The molecule has 7 heteroatoms. The molecule has 0 aliphatic carbocycles. The van der Waals surface area contributed by atoms with Crippen molar-refractivity contribution in [1.29, 1.82) is 0 Å². The average Bonchev–Trinajstić information content (AvgIpc) is 2.87. The van der Waals surface area contributed by atoms with Gasteiger partial charge in [0.1, 0.15) is 12.4 Å². The van der Waals surface area contributed by atoms with Crippen LogP contribution >= 0.6 is 0 Å². The summed E-state index contributed by atoms with van der Waals surface area (Å²) in [5, 5.41) is 0. The first-order valence-corrected chi connectivity index (χ1v) is 12.1. The van der Waals surface area contributed by atoms with E-state index in [2.05, 4.69) is 36.9 Å². The zero-order valence-electron chi connectivity index (χ0n) is 20.4. The highest BCUT2D eigenvalue weighted by atomic mass is 19.1. The van der Waals surface area contributed by atoms with Gasteiger partial charge in [0, 0.05) is 36.9 Å². The quantitative estimate of drug-likeness (QED) is 0.506. The van der Waals surface area contributed by atoms with Crippen LogP contribution in [0.1, 0.15) is 18.1 Å². The summed E-state index contributed by atoms with van der Waals surface area (Å²) in [4.78, 5) is 32.3. The van der Waals surface area contributed by atoms with Crippen molar-refractivity contribution >= 4 is 29.3 Å². The van der Waals surface area contributed by atoms with E-state index in [-0.39, 0.29) is 29.8 Å². The van der Waals surface area contributed by atoms with E-state index in [9.17, 15) is 14.0 Å². The first-order valence-electron chi connectivity index (χ1n) is 12.1. The van der Waals surface area contributed by atoms with Crippen molar-refractivity contribution in [2.75, 3.05) is 36.0 Å². The Labute approximate surface area is 210 Å². The zero-order valence-corrected chi connectivity index (χ0v) is 20.4. The van der Waals surface area contributed by atoms with Gasteiger partial charge in [-0.15, -0.1) is 0 Å². The summed E-state index contributed by atoms with van der Waals surface area (Å²) in [5.41, 5.74) is 3.11. The van der Waals surface area contributed by atoms with Gasteiger partial charge >= 0.3 is 0 Å². The number of carbonyl (C=O) groups excluding carboxylic acids is 2. The normalized spacial score (nSPS) is 18.8. The van der Waals surface area contributed by atoms with E-state index in [1.807, 2.05) is 11.0 Å². The van der Waals surface area contributed by atoms with Gasteiger partial charge in [0.15, 0.2) is 11.5 Å². The van der Waals surface area contributed by atoms with E-state index in [4.69, 9.17) is 4.74 Å². The van der Waals surface area contributed by atoms with Gasteiger partial charge in [-0.2, -0.15) is 0 Å². The highest BCUT2D eigenvalue weighted by Crippen LogP contribution is 2.36. The molecule has 1 saturated heterocycles. The van der Waals surface area contributed by atoms with Crippen LogP contribution in [-0.4, -0.2) is 48.9 Å². The van der Waals surface area contributed by atoms with E-state index in [0.717, 1.165) is 5.69 Å². The average molecular weight is 486 g/mol. The molecular formula is C29H28FN3O3. The van der Waals surface area contributed by atoms with Crippen LogP contribution in [0, 0.1) is 12.7 Å². The molecule has 1 fully saturated rings. The number of anilines is 2. The summed E-state index contributed by atoms with van der Waals surface area (Å²) in [6.45, 7) is 5.89. The maximum absolute atomic E-state index is 14.2. The van der Waals surface area contributed by atoms with Crippen molar-refractivity contribution in [3.05, 3.63) is 95.5 Å². The molecule has 3 aromatic rings. The molecule has 2 heterocycles. The first kappa shape index (κ1) is 23.6. The Balaban J connectivity index is 1.35. The number of rotatable bonds is 4. The standard InChI is InChI=1S/C29H28FN3O3/c1-20-8-7-10-23(16-20)32-15-14-31(18-21(32)2)28(34)19-33-25-12-5-6-13-26(25)36-27(29(33)35)17-22-9-3-4-11-24(22)30/h3-13,16-17,21H,14-15,18-19H2,1-2H3/b27-17+/t21-/m0/s1. The first-order chi connectivity index (χ1) is 17.4. The molecule has 3 aromatic carbocycles. The third-order valence-electron chi connectivity index (χ3n) is 6.63. The molecule has 5 rings (SSSR count). The van der Waals surface area contributed by atoms with Crippen LogP contribution in [0.25, 0.3) is 6.08 Å². The van der Waals surface area contributed by atoms with E-state index < -0.39 is 11.7 Å². The maximum Gasteiger partial charge on any atom is 0.294 e. The van der Waals surface area contributed by atoms with Gasteiger partial charge in [0.2, 0.25) is 5.91 Å². The smallest absolute Gasteiger partial charge is 0.294 e. The van der Waals surface area contributed by atoms with Crippen LogP contribution in [-0.2, 0) is 9.59 Å². The number of nitrogens with zero attached hydrogens (tertiary/aromatic N) is 3. The summed E-state index contributed by atoms with van der Waals surface area (Å²) < 4.78 is 20.1. The van der Waals surface area contributed by atoms with Gasteiger partial charge in [-0.25, -0.2) is 4.39 Å². The summed E-state index contributed by atoms with van der Waals surface area (Å²) in [6, 6.07) is 21.7. The number of fused-ring (bicyclic) bond motifs is 1. The molecule has 2 aliphatic rings. The van der Waals surface area contributed by atoms with Crippen LogP contribution in [0.5, 0.6) is 5.75 Å². The van der Waals surface area contributed by atoms with Gasteiger partial charge in [-0.3, -0.25) is 14.5 Å². The molecule has 0 saturated carbocycles. The predicted octanol–water partition coefficient (Wildman–Crippen LogP) is 4.64. The van der Waals surface area contributed by atoms with Crippen LogP contribution in [0.15, 0.2) is 78.6 Å². The van der Waals surface area contributed by atoms with Crippen LogP contribution in [0.4, 0.5) is 15.8 Å². The highest BCUT2D eigenvalue weighted by Gasteiger charge is 2.34. The second kappa shape index (κ2) is 9.85. The van der Waals surface area contributed by atoms with Gasteiger partial charge in [0.05, 0.1) is 5.69 Å². The third kappa shape index (κ3) is 4.69. The van der Waals surface area contributed by atoms with E-state index >= 15 is 0 Å². The molecule has 36 heavy (non-hydrogen) atoms. The molecular weight excluding hydrogens is 457 g/mol. The Morgan fingerprint density at radius 1 is 1.06 bits per heavy atom. The van der Waals surface area contributed by atoms with Crippen molar-refractivity contribution in [2.24, 2.45) is 0 Å². The number of para-hydroxylation sites is 2. The number of halogens is 1. The minimum absolute atomic E-state index is 0.0239. The Kier molecular flexibility index (Phi) is 6.46. The fourth-order valence-corrected chi connectivity index (χ4v) is 4.76. The lowest BCUT2D eigenvalue weighted by Gasteiger charge is -2.42. The monoisotopic (exact) mass is 485 g/mol. The largest absolute Gasteiger partial charge is 0.449 e. The van der Waals surface area contributed by atoms with Gasteiger partial charge in [-0.05, 0) is 55.8 Å². The summed E-state index contributed by atoms with van der Waals surface area (Å²) in [5.74, 6) is -0.643. The Morgan fingerprint density at radius 2 is 1.83 bits per heavy atom. The molecule has 0 spiro atoms. The van der Waals surface area contributed by atoms with E-state index in [0.29, 0.717) is 31.1 Å². The number of aryl methyl sites for hydroxylation is 1. The van der Waals surface area contributed by atoms with Crippen molar-refractivity contribution in [1.82, 2.24) is 4.90 Å². The molecule has 1 atom stereocenters. The third-order valence-corrected chi connectivity index (χ3v) is 6.63. The number of ether oxygens (including phenoxy) is 1. The predicted molar refractivity (Wildman–Crippen MR) is 138 cm³/mol. The highest BCUT2D eigenvalue weighted by molar-refractivity contribution is 6.12. The molecule has 2 aliphatic heterocycles. The number of benzene rings is 3. The second-order valence-electron chi connectivity index (χ2n) is 9.21. The fraction of sp³-hybridized carbons (Fsp3) is 0.241. The molecule has 0 unspecified atom stereocenters. The van der Waals surface area contributed by atoms with Crippen LogP contribution in [0.2, 0.25) is 0 Å². The molecule has 0 N–H and O–H groups in total. The van der Waals surface area contributed by atoms with Crippen molar-refractivity contribution in [3.8, 4) is 5.75 Å². The summed E-state index contributed by atoms with van der Waals surface area (Å²) >= 11 is 0. The maximum atomic E-state index is 14.2. The van der Waals surface area contributed by atoms with Crippen molar-refractivity contribution in [2.45, 2.75) is 19.9 Å². The van der Waals surface area contributed by atoms with Gasteiger partial charge in [-0.1, -0.05) is 42.5 Å². The Hall–Kier alpha value is -4.13. The molecule has 0 radical (unpaired) electrons. The number of piperazine rings is 1. The number of hydrogen-bond donors (Lipinski definition) is 0. The lowest BCUT2D eigenvalue weighted by atomic mass is 10.1. The summed E-state index contributed by atoms with van der Waals surface area (Å²) in [6.07, 6.45) is 1.38. The molecule has 0 bridgehead atoms. The minimum atomic E-state index is -0.475. The summed E-state index contributed by atoms with van der Waals surface area (Å²) in [7, 11) is 0. The lowest BCUT2D eigenvalue weighted by molar-refractivity contribution is -0.132. The number of hydrogen-bond acceptors (Lipinski definition) is 4. The molecule has 2 amide bonds. The lowest BCUT2D eigenvalue weighted by Crippen LogP contribution is -2.56.